The van der Waals surface area contributed by atoms with Crippen LogP contribution in [0.4, 0.5) is 0 Å². The summed E-state index contributed by atoms with van der Waals surface area (Å²) in [6.45, 7) is 6.56. The van der Waals surface area contributed by atoms with Crippen LogP contribution in [0.15, 0.2) is 28.9 Å². The molecule has 0 bridgehead atoms. The van der Waals surface area contributed by atoms with Gasteiger partial charge in [0.15, 0.2) is 0 Å². The Kier molecular flexibility index (Phi) is 5.35. The Morgan fingerprint density at radius 3 is 2.88 bits per heavy atom. The highest BCUT2D eigenvalue weighted by Crippen LogP contribution is 2.33. The molecule has 2 amide bonds. The Morgan fingerprint density at radius 1 is 1.38 bits per heavy atom. The molecule has 0 aliphatic carbocycles. The summed E-state index contributed by atoms with van der Waals surface area (Å²) in [6.07, 6.45) is 3.55. The van der Waals surface area contributed by atoms with E-state index >= 15 is 0 Å². The molecule has 1 aliphatic heterocycles. The molecule has 26 heavy (non-hydrogen) atoms. The van der Waals surface area contributed by atoms with Gasteiger partial charge in [-0.1, -0.05) is 19.0 Å². The first-order chi connectivity index (χ1) is 12.5. The van der Waals surface area contributed by atoms with Crippen molar-refractivity contribution in [3.8, 4) is 0 Å². The number of rotatable bonds is 5. The van der Waals surface area contributed by atoms with Crippen molar-refractivity contribution in [2.24, 2.45) is 0 Å². The van der Waals surface area contributed by atoms with E-state index in [1.54, 1.807) is 12.3 Å². The van der Waals surface area contributed by atoms with Crippen LogP contribution in [0.2, 0.25) is 0 Å². The lowest BCUT2D eigenvalue weighted by molar-refractivity contribution is -0.119. The van der Waals surface area contributed by atoms with E-state index in [1.165, 1.54) is 6.92 Å². The van der Waals surface area contributed by atoms with Gasteiger partial charge in [0.2, 0.25) is 11.7 Å². The number of carbonyl (C=O) groups is 2. The maximum Gasteiger partial charge on any atom is 0.292 e. The molecule has 0 aromatic carbocycles. The summed E-state index contributed by atoms with van der Waals surface area (Å²) in [6, 6.07) is 5.59. The van der Waals surface area contributed by atoms with Crippen LogP contribution in [-0.2, 0) is 11.3 Å². The summed E-state index contributed by atoms with van der Waals surface area (Å²) in [4.78, 5) is 30.1. The second-order valence-electron chi connectivity index (χ2n) is 6.92. The third-order valence-electron chi connectivity index (χ3n) is 4.59. The van der Waals surface area contributed by atoms with Crippen molar-refractivity contribution in [1.82, 2.24) is 20.4 Å². The van der Waals surface area contributed by atoms with Gasteiger partial charge in [0.1, 0.15) is 0 Å². The van der Waals surface area contributed by atoms with Gasteiger partial charge >= 0.3 is 0 Å². The predicted molar refractivity (Wildman–Crippen MR) is 95.4 cm³/mol. The van der Waals surface area contributed by atoms with Crippen molar-refractivity contribution in [3.63, 3.8) is 0 Å². The van der Waals surface area contributed by atoms with Gasteiger partial charge < -0.3 is 14.7 Å². The van der Waals surface area contributed by atoms with E-state index in [-0.39, 0.29) is 29.5 Å². The Morgan fingerprint density at radius 2 is 2.19 bits per heavy atom. The monoisotopic (exact) mass is 356 g/mol. The fourth-order valence-corrected chi connectivity index (χ4v) is 3.18. The Balaban J connectivity index is 1.78. The molecule has 0 unspecified atom stereocenters. The molecule has 0 saturated carbocycles. The van der Waals surface area contributed by atoms with Crippen LogP contribution in [-0.4, -0.2) is 33.4 Å². The molecule has 7 nitrogen and oxygen atoms in total. The van der Waals surface area contributed by atoms with Crippen LogP contribution in [0.3, 0.4) is 0 Å². The minimum atomic E-state index is -0.132. The minimum Gasteiger partial charge on any atom is -0.351 e. The van der Waals surface area contributed by atoms with Gasteiger partial charge in [-0.25, -0.2) is 0 Å². The summed E-state index contributed by atoms with van der Waals surface area (Å²) >= 11 is 0. The van der Waals surface area contributed by atoms with Gasteiger partial charge in [0, 0.05) is 25.7 Å². The van der Waals surface area contributed by atoms with Gasteiger partial charge in [-0.3, -0.25) is 14.6 Å². The number of amides is 2. The molecule has 3 heterocycles. The Hall–Kier alpha value is -2.70. The molecule has 2 aromatic heterocycles. The lowest BCUT2D eigenvalue weighted by Crippen LogP contribution is -2.30. The Bertz CT molecular complexity index is 800. The zero-order valence-corrected chi connectivity index (χ0v) is 15.4. The molecular weight excluding hydrogens is 332 g/mol. The summed E-state index contributed by atoms with van der Waals surface area (Å²) in [5.74, 6) is 0.271. The van der Waals surface area contributed by atoms with Crippen molar-refractivity contribution < 1.29 is 14.1 Å². The normalized spacial score (nSPS) is 16.9. The van der Waals surface area contributed by atoms with E-state index in [0.29, 0.717) is 13.1 Å². The zero-order valence-electron chi connectivity index (χ0n) is 15.4. The zero-order chi connectivity index (χ0) is 18.7. The van der Waals surface area contributed by atoms with Crippen LogP contribution in [0, 0.1) is 0 Å². The molecule has 1 saturated heterocycles. The fourth-order valence-electron chi connectivity index (χ4n) is 3.18. The summed E-state index contributed by atoms with van der Waals surface area (Å²) in [7, 11) is 0. The quantitative estimate of drug-likeness (QED) is 0.890. The number of hydrogen-bond acceptors (Lipinski definition) is 5. The highest BCUT2D eigenvalue weighted by atomic mass is 16.5. The molecule has 0 radical (unpaired) electrons. The lowest BCUT2D eigenvalue weighted by Gasteiger charge is -2.24. The molecule has 3 rings (SSSR count). The van der Waals surface area contributed by atoms with Gasteiger partial charge in [-0.05, 0) is 36.5 Å². The number of nitrogens with one attached hydrogen (secondary N) is 1. The van der Waals surface area contributed by atoms with Gasteiger partial charge in [-0.15, -0.1) is 0 Å². The maximum atomic E-state index is 12.9. The van der Waals surface area contributed by atoms with Crippen molar-refractivity contribution >= 4 is 11.8 Å². The molecular formula is C19H24N4O3. The van der Waals surface area contributed by atoms with Crippen LogP contribution in [0.25, 0.3) is 0 Å². The first kappa shape index (κ1) is 18.1. The predicted octanol–water partition coefficient (Wildman–Crippen LogP) is 2.81. The fraction of sp³-hybridized carbons (Fsp3) is 0.474. The van der Waals surface area contributed by atoms with Crippen LogP contribution in [0.5, 0.6) is 0 Å². The molecule has 0 spiro atoms. The third-order valence-corrected chi connectivity index (χ3v) is 4.59. The number of carbonyl (C=O) groups excluding carboxylic acids is 2. The SMILES string of the molecule is CC(=O)NCc1cc([C@@H]2CCCN2C(=O)c2cc(C(C)C)no2)ccn1. The number of likely N-dealkylation sites (tertiary alicyclic amines) is 1. The molecule has 138 valence electrons. The van der Waals surface area contributed by atoms with Crippen molar-refractivity contribution in [1.29, 1.82) is 0 Å². The first-order valence-corrected chi connectivity index (χ1v) is 8.92. The first-order valence-electron chi connectivity index (χ1n) is 8.92. The Labute approximate surface area is 152 Å². The lowest BCUT2D eigenvalue weighted by atomic mass is 10.0. The number of hydrogen-bond donors (Lipinski definition) is 1. The molecule has 7 heteroatoms. The number of nitrogens with zero attached hydrogens (tertiary/aromatic N) is 3. The maximum absolute atomic E-state index is 12.9. The average Bonchev–Trinajstić information content (AvgIpc) is 3.29. The topological polar surface area (TPSA) is 88.3 Å². The van der Waals surface area contributed by atoms with Crippen molar-refractivity contribution in [2.75, 3.05) is 6.54 Å². The third kappa shape index (κ3) is 3.92. The van der Waals surface area contributed by atoms with Gasteiger partial charge in [0.05, 0.1) is 24.0 Å². The highest BCUT2D eigenvalue weighted by molar-refractivity contribution is 5.92. The average molecular weight is 356 g/mol. The molecule has 2 aromatic rings. The number of aromatic nitrogens is 2. The highest BCUT2D eigenvalue weighted by Gasteiger charge is 2.32. The van der Waals surface area contributed by atoms with Crippen molar-refractivity contribution in [2.45, 2.75) is 52.1 Å². The number of pyridine rings is 1. The standard InChI is InChI=1S/C19H24N4O3/c1-12(2)16-10-18(26-22-16)19(25)23-8-4-5-17(23)14-6-7-20-15(9-14)11-21-13(3)24/h6-7,9-10,12,17H,4-5,8,11H2,1-3H3,(H,21,24)/t17-/m0/s1. The van der Waals surface area contributed by atoms with Crippen LogP contribution >= 0.6 is 0 Å². The van der Waals surface area contributed by atoms with E-state index in [9.17, 15) is 9.59 Å². The second kappa shape index (κ2) is 7.68. The van der Waals surface area contributed by atoms with Crippen LogP contribution < -0.4 is 5.32 Å². The largest absolute Gasteiger partial charge is 0.351 e. The van der Waals surface area contributed by atoms with E-state index < -0.39 is 0 Å². The van der Waals surface area contributed by atoms with E-state index in [4.69, 9.17) is 4.52 Å². The van der Waals surface area contributed by atoms with Crippen molar-refractivity contribution in [3.05, 3.63) is 47.1 Å². The van der Waals surface area contributed by atoms with E-state index in [2.05, 4.69) is 15.5 Å². The summed E-state index contributed by atoms with van der Waals surface area (Å²) in [5, 5.41) is 6.74. The minimum absolute atomic E-state index is 0.0193. The molecule has 1 fully saturated rings. The molecule has 1 atom stereocenters. The molecule has 1 N–H and O–H groups in total. The summed E-state index contributed by atoms with van der Waals surface area (Å²) in [5.41, 5.74) is 2.58. The molecule has 1 aliphatic rings. The summed E-state index contributed by atoms with van der Waals surface area (Å²) < 4.78 is 5.27. The second-order valence-corrected chi connectivity index (χ2v) is 6.92. The van der Waals surface area contributed by atoms with E-state index in [0.717, 1.165) is 29.8 Å². The smallest absolute Gasteiger partial charge is 0.292 e. The van der Waals surface area contributed by atoms with E-state index in [1.807, 2.05) is 30.9 Å². The van der Waals surface area contributed by atoms with Gasteiger partial charge in [-0.2, -0.15) is 0 Å². The van der Waals surface area contributed by atoms with Crippen LogP contribution in [0.1, 0.15) is 73.1 Å². The van der Waals surface area contributed by atoms with Gasteiger partial charge in [0.25, 0.3) is 5.91 Å².